The lowest BCUT2D eigenvalue weighted by Crippen LogP contribution is -2.35. The fourth-order valence-electron chi connectivity index (χ4n) is 2.05. The molecule has 0 saturated heterocycles. The van der Waals surface area contributed by atoms with Crippen molar-refractivity contribution in [3.8, 4) is 5.75 Å². The van der Waals surface area contributed by atoms with Crippen molar-refractivity contribution in [1.29, 1.82) is 0 Å². The van der Waals surface area contributed by atoms with Crippen molar-refractivity contribution < 1.29 is 9.13 Å². The number of ether oxygens (including phenoxy) is 1. The smallest absolute Gasteiger partial charge is 0.165 e. The van der Waals surface area contributed by atoms with Crippen LogP contribution < -0.4 is 10.1 Å². The second kappa shape index (κ2) is 8.22. The second-order valence-electron chi connectivity index (χ2n) is 5.31. The van der Waals surface area contributed by atoms with Gasteiger partial charge in [0.05, 0.1) is 7.11 Å². The standard InChI is InChI=1S/C16H27FN2O/c1-6-12(2)19(4)10-9-18-13(3)14-7-8-15(17)16(11-14)20-5/h7-8,11-13,18H,6,9-10H2,1-5H3. The number of hydrogen-bond acceptors (Lipinski definition) is 3. The molecule has 1 rings (SSSR count). The first-order valence-electron chi connectivity index (χ1n) is 7.26. The van der Waals surface area contributed by atoms with Crippen LogP contribution in [0.5, 0.6) is 5.75 Å². The molecule has 0 amide bonds. The molecule has 0 heterocycles. The van der Waals surface area contributed by atoms with Gasteiger partial charge in [-0.2, -0.15) is 0 Å². The van der Waals surface area contributed by atoms with E-state index in [1.165, 1.54) is 13.2 Å². The molecule has 3 nitrogen and oxygen atoms in total. The summed E-state index contributed by atoms with van der Waals surface area (Å²) in [6.07, 6.45) is 1.15. The van der Waals surface area contributed by atoms with Gasteiger partial charge in [-0.3, -0.25) is 0 Å². The number of methoxy groups -OCH3 is 1. The molecule has 20 heavy (non-hydrogen) atoms. The SMILES string of the molecule is CCC(C)N(C)CCNC(C)c1ccc(F)c(OC)c1. The van der Waals surface area contributed by atoms with Crippen LogP contribution in [0.2, 0.25) is 0 Å². The number of halogens is 1. The number of benzene rings is 1. The summed E-state index contributed by atoms with van der Waals surface area (Å²) < 4.78 is 18.4. The largest absolute Gasteiger partial charge is 0.494 e. The molecule has 0 saturated carbocycles. The maximum atomic E-state index is 13.4. The summed E-state index contributed by atoms with van der Waals surface area (Å²) in [5, 5.41) is 3.46. The lowest BCUT2D eigenvalue weighted by atomic mass is 10.1. The van der Waals surface area contributed by atoms with E-state index in [1.807, 2.05) is 0 Å². The molecular weight excluding hydrogens is 255 g/mol. The Morgan fingerprint density at radius 2 is 2.05 bits per heavy atom. The van der Waals surface area contributed by atoms with Crippen molar-refractivity contribution in [2.45, 2.75) is 39.3 Å². The van der Waals surface area contributed by atoms with E-state index in [1.54, 1.807) is 12.1 Å². The van der Waals surface area contributed by atoms with Crippen LogP contribution in [0.4, 0.5) is 4.39 Å². The number of nitrogens with one attached hydrogen (secondary N) is 1. The van der Waals surface area contributed by atoms with Crippen molar-refractivity contribution in [3.05, 3.63) is 29.6 Å². The van der Waals surface area contributed by atoms with Crippen LogP contribution in [0, 0.1) is 5.82 Å². The first-order chi connectivity index (χ1) is 9.49. The Labute approximate surface area is 122 Å². The number of nitrogens with zero attached hydrogens (tertiary/aromatic N) is 1. The van der Waals surface area contributed by atoms with E-state index in [4.69, 9.17) is 4.74 Å². The van der Waals surface area contributed by atoms with E-state index in [2.05, 4.69) is 38.0 Å². The third kappa shape index (κ3) is 4.76. The quantitative estimate of drug-likeness (QED) is 0.792. The Bertz CT molecular complexity index is 411. The van der Waals surface area contributed by atoms with Crippen molar-refractivity contribution in [2.75, 3.05) is 27.2 Å². The first kappa shape index (κ1) is 16.9. The molecule has 1 aromatic carbocycles. The highest BCUT2D eigenvalue weighted by atomic mass is 19.1. The van der Waals surface area contributed by atoms with Gasteiger partial charge in [0.15, 0.2) is 11.6 Å². The van der Waals surface area contributed by atoms with Crippen LogP contribution in [0.25, 0.3) is 0 Å². The Kier molecular flexibility index (Phi) is 6.96. The minimum atomic E-state index is -0.319. The third-order valence-electron chi connectivity index (χ3n) is 3.93. The summed E-state index contributed by atoms with van der Waals surface area (Å²) in [6.45, 7) is 8.41. The molecule has 0 aliphatic heterocycles. The van der Waals surface area contributed by atoms with Crippen molar-refractivity contribution in [1.82, 2.24) is 10.2 Å². The van der Waals surface area contributed by atoms with E-state index in [0.717, 1.165) is 25.1 Å². The van der Waals surface area contributed by atoms with Gasteiger partial charge >= 0.3 is 0 Å². The zero-order chi connectivity index (χ0) is 15.1. The molecule has 0 bridgehead atoms. The maximum absolute atomic E-state index is 13.4. The molecular formula is C16H27FN2O. The number of hydrogen-bond donors (Lipinski definition) is 1. The number of rotatable bonds is 8. The summed E-state index contributed by atoms with van der Waals surface area (Å²) in [5.74, 6) is -0.0205. The van der Waals surface area contributed by atoms with Gasteiger partial charge in [-0.15, -0.1) is 0 Å². The average molecular weight is 282 g/mol. The van der Waals surface area contributed by atoms with Crippen molar-refractivity contribution in [2.24, 2.45) is 0 Å². The lowest BCUT2D eigenvalue weighted by molar-refractivity contribution is 0.249. The summed E-state index contributed by atoms with van der Waals surface area (Å²) >= 11 is 0. The van der Waals surface area contributed by atoms with Crippen molar-refractivity contribution >= 4 is 0 Å². The number of likely N-dealkylation sites (N-methyl/N-ethyl adjacent to an activating group) is 1. The Morgan fingerprint density at radius 1 is 1.35 bits per heavy atom. The summed E-state index contributed by atoms with van der Waals surface area (Å²) in [5.41, 5.74) is 1.04. The van der Waals surface area contributed by atoms with E-state index < -0.39 is 0 Å². The van der Waals surface area contributed by atoms with Gasteiger partial charge in [0.25, 0.3) is 0 Å². The average Bonchev–Trinajstić information content (AvgIpc) is 2.46. The van der Waals surface area contributed by atoms with Crippen LogP contribution in [0.15, 0.2) is 18.2 Å². The maximum Gasteiger partial charge on any atom is 0.165 e. The highest BCUT2D eigenvalue weighted by Crippen LogP contribution is 2.22. The molecule has 2 unspecified atom stereocenters. The predicted octanol–water partition coefficient (Wildman–Crippen LogP) is 3.22. The molecule has 0 spiro atoms. The van der Waals surface area contributed by atoms with Gasteiger partial charge in [-0.25, -0.2) is 4.39 Å². The molecule has 2 atom stereocenters. The molecule has 114 valence electrons. The van der Waals surface area contributed by atoms with E-state index in [9.17, 15) is 4.39 Å². The van der Waals surface area contributed by atoms with Gasteiger partial charge in [-0.1, -0.05) is 13.0 Å². The first-order valence-corrected chi connectivity index (χ1v) is 7.26. The monoisotopic (exact) mass is 282 g/mol. The van der Waals surface area contributed by atoms with Gasteiger partial charge in [0.1, 0.15) is 0 Å². The molecule has 0 radical (unpaired) electrons. The molecule has 0 fully saturated rings. The lowest BCUT2D eigenvalue weighted by Gasteiger charge is -2.24. The van der Waals surface area contributed by atoms with E-state index >= 15 is 0 Å². The topological polar surface area (TPSA) is 24.5 Å². The predicted molar refractivity (Wildman–Crippen MR) is 81.8 cm³/mol. The highest BCUT2D eigenvalue weighted by Gasteiger charge is 2.10. The summed E-state index contributed by atoms with van der Waals surface area (Å²) in [7, 11) is 3.63. The molecule has 0 aliphatic rings. The second-order valence-corrected chi connectivity index (χ2v) is 5.31. The van der Waals surface area contributed by atoms with Gasteiger partial charge in [-0.05, 0) is 45.0 Å². The Balaban J connectivity index is 2.49. The van der Waals surface area contributed by atoms with Gasteiger partial charge in [0.2, 0.25) is 0 Å². The third-order valence-corrected chi connectivity index (χ3v) is 3.93. The van der Waals surface area contributed by atoms with Gasteiger partial charge < -0.3 is 15.0 Å². The van der Waals surface area contributed by atoms with Gasteiger partial charge in [0, 0.05) is 25.2 Å². The minimum Gasteiger partial charge on any atom is -0.494 e. The molecule has 1 aromatic rings. The van der Waals surface area contributed by atoms with Crippen molar-refractivity contribution in [3.63, 3.8) is 0 Å². The zero-order valence-corrected chi connectivity index (χ0v) is 13.2. The highest BCUT2D eigenvalue weighted by molar-refractivity contribution is 5.31. The Morgan fingerprint density at radius 3 is 2.65 bits per heavy atom. The molecule has 0 aromatic heterocycles. The fraction of sp³-hybridized carbons (Fsp3) is 0.625. The molecule has 0 aliphatic carbocycles. The zero-order valence-electron chi connectivity index (χ0n) is 13.2. The van der Waals surface area contributed by atoms with Crippen LogP contribution in [-0.2, 0) is 0 Å². The van der Waals surface area contributed by atoms with Crippen LogP contribution in [0.3, 0.4) is 0 Å². The van der Waals surface area contributed by atoms with Crippen LogP contribution in [0.1, 0.15) is 38.8 Å². The van der Waals surface area contributed by atoms with Crippen LogP contribution >= 0.6 is 0 Å². The summed E-state index contributed by atoms with van der Waals surface area (Å²) in [4.78, 5) is 2.34. The minimum absolute atomic E-state index is 0.176. The summed E-state index contributed by atoms with van der Waals surface area (Å²) in [6, 6.07) is 5.78. The van der Waals surface area contributed by atoms with Crippen LogP contribution in [-0.4, -0.2) is 38.2 Å². The molecule has 4 heteroatoms. The normalized spacial score (nSPS) is 14.3. The van der Waals surface area contributed by atoms with E-state index in [-0.39, 0.29) is 11.9 Å². The Hall–Kier alpha value is -1.13. The fourth-order valence-corrected chi connectivity index (χ4v) is 2.05. The molecule has 1 N–H and O–H groups in total. The van der Waals surface area contributed by atoms with E-state index in [0.29, 0.717) is 11.8 Å².